The number of carbonyl (C=O) groups is 2. The molecule has 1 aliphatic carbocycles. The smallest absolute Gasteiger partial charge is 0.269 e. The standard InChI is InChI=1S/C21H23N5O3S/c1-22-20(28)18-10-16(8-9-23-18)29-15-6-7-17-19(11-15)30-21(26-17)25-14-4-2-13(3-5-14)24-12-27/h6-14H,2-5H2,1H3,(H,22,28)(H,24,27)(H,25,26)/t13-,14+. The molecule has 0 spiro atoms. The number of benzene rings is 1. The highest BCUT2D eigenvalue weighted by atomic mass is 32.1. The molecule has 0 unspecified atom stereocenters. The lowest BCUT2D eigenvalue weighted by Gasteiger charge is -2.28. The van der Waals surface area contributed by atoms with Gasteiger partial charge in [0, 0.05) is 37.5 Å². The van der Waals surface area contributed by atoms with Crippen LogP contribution in [0.2, 0.25) is 0 Å². The minimum absolute atomic E-state index is 0.259. The van der Waals surface area contributed by atoms with Crippen molar-refractivity contribution in [2.24, 2.45) is 0 Å². The molecule has 1 aliphatic rings. The summed E-state index contributed by atoms with van der Waals surface area (Å²) < 4.78 is 6.94. The average molecular weight is 426 g/mol. The fourth-order valence-corrected chi connectivity index (χ4v) is 4.54. The molecular formula is C21H23N5O3S. The first-order valence-electron chi connectivity index (χ1n) is 9.87. The van der Waals surface area contributed by atoms with E-state index in [4.69, 9.17) is 4.74 Å². The van der Waals surface area contributed by atoms with Crippen molar-refractivity contribution in [1.82, 2.24) is 20.6 Å². The SMILES string of the molecule is CNC(=O)c1cc(Oc2ccc3nc(N[C@H]4CC[C@@H](NC=O)CC4)sc3c2)ccn1. The number of aromatic nitrogens is 2. The molecule has 2 heterocycles. The second-order valence-electron chi connectivity index (χ2n) is 7.18. The van der Waals surface area contributed by atoms with Gasteiger partial charge in [-0.15, -0.1) is 0 Å². The summed E-state index contributed by atoms with van der Waals surface area (Å²) in [6.07, 6.45) is 6.30. The molecule has 9 heteroatoms. The van der Waals surface area contributed by atoms with Crippen molar-refractivity contribution in [3.63, 3.8) is 0 Å². The van der Waals surface area contributed by atoms with Crippen molar-refractivity contribution in [3.8, 4) is 11.5 Å². The van der Waals surface area contributed by atoms with Gasteiger partial charge in [-0.25, -0.2) is 4.98 Å². The zero-order valence-electron chi connectivity index (χ0n) is 16.6. The van der Waals surface area contributed by atoms with E-state index in [9.17, 15) is 9.59 Å². The van der Waals surface area contributed by atoms with Crippen LogP contribution in [0.5, 0.6) is 11.5 Å². The summed E-state index contributed by atoms with van der Waals surface area (Å²) in [7, 11) is 1.56. The van der Waals surface area contributed by atoms with Crippen molar-refractivity contribution in [1.29, 1.82) is 0 Å². The van der Waals surface area contributed by atoms with Crippen molar-refractivity contribution >= 4 is 39.0 Å². The molecule has 30 heavy (non-hydrogen) atoms. The number of hydrogen-bond donors (Lipinski definition) is 3. The van der Waals surface area contributed by atoms with Crippen LogP contribution in [0.1, 0.15) is 36.2 Å². The lowest BCUT2D eigenvalue weighted by Crippen LogP contribution is -2.36. The van der Waals surface area contributed by atoms with Crippen LogP contribution in [-0.4, -0.2) is 41.4 Å². The Hall–Kier alpha value is -3.20. The minimum atomic E-state index is -0.259. The van der Waals surface area contributed by atoms with Gasteiger partial charge in [-0.1, -0.05) is 11.3 Å². The molecule has 3 N–H and O–H groups in total. The monoisotopic (exact) mass is 425 g/mol. The molecule has 3 aromatic rings. The fourth-order valence-electron chi connectivity index (χ4n) is 3.57. The van der Waals surface area contributed by atoms with Gasteiger partial charge in [0.15, 0.2) is 5.13 Å². The summed E-state index contributed by atoms with van der Waals surface area (Å²) >= 11 is 1.59. The molecule has 0 atom stereocenters. The average Bonchev–Trinajstić information content (AvgIpc) is 3.16. The quantitative estimate of drug-likeness (QED) is 0.502. The van der Waals surface area contributed by atoms with E-state index in [1.165, 1.54) is 0 Å². The van der Waals surface area contributed by atoms with Crippen LogP contribution in [0.4, 0.5) is 5.13 Å². The van der Waals surface area contributed by atoms with Crippen molar-refractivity contribution < 1.29 is 14.3 Å². The number of anilines is 1. The maximum Gasteiger partial charge on any atom is 0.269 e. The predicted octanol–water partition coefficient (Wildman–Crippen LogP) is 3.31. The van der Waals surface area contributed by atoms with Gasteiger partial charge in [0.05, 0.1) is 10.2 Å². The van der Waals surface area contributed by atoms with Crippen LogP contribution in [-0.2, 0) is 4.79 Å². The van der Waals surface area contributed by atoms with Crippen molar-refractivity contribution in [2.45, 2.75) is 37.8 Å². The molecule has 1 fully saturated rings. The first kappa shape index (κ1) is 20.1. The van der Waals surface area contributed by atoms with E-state index in [2.05, 4.69) is 25.9 Å². The zero-order chi connectivity index (χ0) is 20.9. The van der Waals surface area contributed by atoms with Gasteiger partial charge in [0.2, 0.25) is 6.41 Å². The van der Waals surface area contributed by atoms with Crippen LogP contribution in [0.3, 0.4) is 0 Å². The van der Waals surface area contributed by atoms with Crippen LogP contribution in [0.25, 0.3) is 10.2 Å². The summed E-state index contributed by atoms with van der Waals surface area (Å²) in [5.74, 6) is 0.962. The van der Waals surface area contributed by atoms with Gasteiger partial charge in [-0.05, 0) is 43.9 Å². The summed E-state index contributed by atoms with van der Waals surface area (Å²) in [5.41, 5.74) is 1.21. The molecule has 0 bridgehead atoms. The first-order chi connectivity index (χ1) is 14.6. The van der Waals surface area contributed by atoms with Gasteiger partial charge >= 0.3 is 0 Å². The van der Waals surface area contributed by atoms with Crippen LogP contribution in [0.15, 0.2) is 36.5 Å². The summed E-state index contributed by atoms with van der Waals surface area (Å²) in [4.78, 5) is 31.1. The Kier molecular flexibility index (Phi) is 6.08. The van der Waals surface area contributed by atoms with E-state index in [0.29, 0.717) is 23.2 Å². The molecule has 0 radical (unpaired) electrons. The minimum Gasteiger partial charge on any atom is -0.457 e. The first-order valence-corrected chi connectivity index (χ1v) is 10.7. The Labute approximate surface area is 178 Å². The van der Waals surface area contributed by atoms with E-state index in [1.807, 2.05) is 18.2 Å². The van der Waals surface area contributed by atoms with Crippen molar-refractivity contribution in [2.75, 3.05) is 12.4 Å². The second kappa shape index (κ2) is 9.08. The number of nitrogens with zero attached hydrogens (tertiary/aromatic N) is 2. The largest absolute Gasteiger partial charge is 0.457 e. The molecule has 0 saturated heterocycles. The number of hydrogen-bond acceptors (Lipinski definition) is 7. The number of ether oxygens (including phenoxy) is 1. The van der Waals surface area contributed by atoms with Gasteiger partial charge in [-0.3, -0.25) is 14.6 Å². The van der Waals surface area contributed by atoms with Gasteiger partial charge < -0.3 is 20.7 Å². The second-order valence-corrected chi connectivity index (χ2v) is 8.21. The Morgan fingerprint density at radius 2 is 1.90 bits per heavy atom. The molecule has 0 aliphatic heterocycles. The maximum absolute atomic E-state index is 11.7. The van der Waals surface area contributed by atoms with E-state index < -0.39 is 0 Å². The van der Waals surface area contributed by atoms with Gasteiger partial charge in [-0.2, -0.15) is 0 Å². The number of nitrogens with one attached hydrogen (secondary N) is 3. The fraction of sp³-hybridized carbons (Fsp3) is 0.333. The Morgan fingerprint density at radius 1 is 1.13 bits per heavy atom. The summed E-state index contributed by atoms with van der Waals surface area (Å²) in [6, 6.07) is 9.71. The third kappa shape index (κ3) is 4.68. The summed E-state index contributed by atoms with van der Waals surface area (Å²) in [5, 5.41) is 9.83. The number of carbonyl (C=O) groups excluding carboxylic acids is 2. The number of fused-ring (bicyclic) bond motifs is 1. The third-order valence-corrected chi connectivity index (χ3v) is 6.09. The van der Waals surface area contributed by atoms with E-state index in [0.717, 1.165) is 47.4 Å². The lowest BCUT2D eigenvalue weighted by atomic mass is 9.91. The van der Waals surface area contributed by atoms with Crippen LogP contribution < -0.4 is 20.7 Å². The third-order valence-electron chi connectivity index (χ3n) is 5.15. The number of rotatable bonds is 7. The molecule has 8 nitrogen and oxygen atoms in total. The highest BCUT2D eigenvalue weighted by Gasteiger charge is 2.21. The number of amides is 2. The molecular weight excluding hydrogens is 402 g/mol. The van der Waals surface area contributed by atoms with E-state index in [-0.39, 0.29) is 11.9 Å². The van der Waals surface area contributed by atoms with E-state index >= 15 is 0 Å². The number of pyridine rings is 1. The lowest BCUT2D eigenvalue weighted by molar-refractivity contribution is -0.110. The topological polar surface area (TPSA) is 105 Å². The Morgan fingerprint density at radius 3 is 2.67 bits per heavy atom. The van der Waals surface area contributed by atoms with Crippen LogP contribution >= 0.6 is 11.3 Å². The van der Waals surface area contributed by atoms with Crippen LogP contribution in [0, 0.1) is 0 Å². The zero-order valence-corrected chi connectivity index (χ0v) is 17.4. The molecule has 1 saturated carbocycles. The van der Waals surface area contributed by atoms with E-state index in [1.54, 1.807) is 36.7 Å². The molecule has 2 amide bonds. The van der Waals surface area contributed by atoms with Gasteiger partial charge in [0.25, 0.3) is 5.91 Å². The molecule has 2 aromatic heterocycles. The number of thiazole rings is 1. The summed E-state index contributed by atoms with van der Waals surface area (Å²) in [6.45, 7) is 0. The molecule has 4 rings (SSSR count). The normalized spacial score (nSPS) is 18.6. The maximum atomic E-state index is 11.7. The van der Waals surface area contributed by atoms with Gasteiger partial charge in [0.1, 0.15) is 17.2 Å². The molecule has 1 aromatic carbocycles. The van der Waals surface area contributed by atoms with Crippen molar-refractivity contribution in [3.05, 3.63) is 42.2 Å². The highest BCUT2D eigenvalue weighted by Crippen LogP contribution is 2.32. The Bertz CT molecular complexity index is 1050. The Balaban J connectivity index is 1.43. The highest BCUT2D eigenvalue weighted by molar-refractivity contribution is 7.22. The molecule has 156 valence electrons. The predicted molar refractivity (Wildman–Crippen MR) is 116 cm³/mol.